The van der Waals surface area contributed by atoms with E-state index in [0.717, 1.165) is 24.2 Å². The Bertz CT molecular complexity index is 432. The molecule has 0 fully saturated rings. The zero-order valence-electron chi connectivity index (χ0n) is 11.0. The molecule has 4 nitrogen and oxygen atoms in total. The summed E-state index contributed by atoms with van der Waals surface area (Å²) in [5.41, 5.74) is 3.22. The Morgan fingerprint density at radius 1 is 1.56 bits per heavy atom. The second-order valence-corrected chi connectivity index (χ2v) is 4.71. The van der Waals surface area contributed by atoms with Crippen LogP contribution < -0.4 is 10.6 Å². The van der Waals surface area contributed by atoms with E-state index in [9.17, 15) is 4.79 Å². The minimum Gasteiger partial charge on any atom is -0.384 e. The molecule has 0 aliphatic carbocycles. The Hall–Kier alpha value is -1.55. The molecule has 98 valence electrons. The van der Waals surface area contributed by atoms with Crippen LogP contribution in [-0.2, 0) is 16.0 Å². The van der Waals surface area contributed by atoms with Gasteiger partial charge in [-0.1, -0.05) is 12.1 Å². The maximum absolute atomic E-state index is 11.7. The fraction of sp³-hybridized carbons (Fsp3) is 0.500. The Kier molecular flexibility index (Phi) is 4.20. The van der Waals surface area contributed by atoms with Crippen LogP contribution >= 0.6 is 0 Å². The van der Waals surface area contributed by atoms with Crippen molar-refractivity contribution in [3.05, 3.63) is 23.8 Å². The van der Waals surface area contributed by atoms with E-state index in [1.165, 1.54) is 5.56 Å². The van der Waals surface area contributed by atoms with E-state index in [1.54, 1.807) is 7.11 Å². The molecule has 0 spiro atoms. The molecule has 0 saturated carbocycles. The third kappa shape index (κ3) is 3.01. The fourth-order valence-corrected chi connectivity index (χ4v) is 2.18. The van der Waals surface area contributed by atoms with Gasteiger partial charge in [0.25, 0.3) is 0 Å². The second kappa shape index (κ2) is 5.87. The van der Waals surface area contributed by atoms with E-state index in [4.69, 9.17) is 4.74 Å². The molecule has 1 aliphatic rings. The maximum atomic E-state index is 11.7. The summed E-state index contributed by atoms with van der Waals surface area (Å²) in [5.74, 6) is -0.00900. The number of nitrogens with one attached hydrogen (secondary N) is 2. The van der Waals surface area contributed by atoms with Gasteiger partial charge in [-0.3, -0.25) is 4.79 Å². The van der Waals surface area contributed by atoms with E-state index in [-0.39, 0.29) is 5.91 Å². The van der Waals surface area contributed by atoms with Gasteiger partial charge in [0.2, 0.25) is 5.91 Å². The summed E-state index contributed by atoms with van der Waals surface area (Å²) in [5, 5.41) is 6.39. The monoisotopic (exact) mass is 248 g/mol. The number of hydrogen-bond donors (Lipinski definition) is 2. The summed E-state index contributed by atoms with van der Waals surface area (Å²) in [4.78, 5) is 11.7. The number of carbonyl (C=O) groups excluding carboxylic acids is 1. The molecule has 0 radical (unpaired) electrons. The van der Waals surface area contributed by atoms with Gasteiger partial charge in [0.1, 0.15) is 0 Å². The zero-order chi connectivity index (χ0) is 13.0. The number of carbonyl (C=O) groups is 1. The highest BCUT2D eigenvalue weighted by atomic mass is 16.5. The average Bonchev–Trinajstić information content (AvgIpc) is 2.37. The molecule has 0 bridgehead atoms. The first-order valence-electron chi connectivity index (χ1n) is 6.38. The molecule has 1 unspecified atom stereocenters. The summed E-state index contributed by atoms with van der Waals surface area (Å²) >= 11 is 0. The Labute approximate surface area is 108 Å². The second-order valence-electron chi connectivity index (χ2n) is 4.71. The van der Waals surface area contributed by atoms with Crippen molar-refractivity contribution in [1.29, 1.82) is 0 Å². The lowest BCUT2D eigenvalue weighted by atomic mass is 9.98. The number of fused-ring (bicyclic) bond motifs is 1. The number of ether oxygens (including phenoxy) is 1. The number of aryl methyl sites for hydroxylation is 1. The quantitative estimate of drug-likeness (QED) is 0.860. The third-order valence-corrected chi connectivity index (χ3v) is 3.20. The number of benzene rings is 1. The number of methoxy groups -OCH3 is 1. The highest BCUT2D eigenvalue weighted by molar-refractivity contribution is 5.95. The lowest BCUT2D eigenvalue weighted by molar-refractivity contribution is -0.117. The number of hydrogen-bond acceptors (Lipinski definition) is 3. The van der Waals surface area contributed by atoms with Crippen molar-refractivity contribution < 1.29 is 9.53 Å². The normalized spacial score (nSPS) is 17.8. The van der Waals surface area contributed by atoms with Crippen LogP contribution in [0.2, 0.25) is 0 Å². The molecule has 1 amide bonds. The van der Waals surface area contributed by atoms with Gasteiger partial charge >= 0.3 is 0 Å². The van der Waals surface area contributed by atoms with Gasteiger partial charge in [0.15, 0.2) is 0 Å². The Morgan fingerprint density at radius 3 is 3.17 bits per heavy atom. The smallest absolute Gasteiger partial charge is 0.226 e. The predicted molar refractivity (Wildman–Crippen MR) is 73.0 cm³/mol. The van der Waals surface area contributed by atoms with Crippen molar-refractivity contribution in [3.63, 3.8) is 0 Å². The lowest BCUT2D eigenvalue weighted by Gasteiger charge is -2.26. The molecule has 1 heterocycles. The molecule has 0 aromatic heterocycles. The number of para-hydroxylation sites is 1. The zero-order valence-corrected chi connectivity index (χ0v) is 11.0. The van der Waals surface area contributed by atoms with Crippen LogP contribution in [-0.4, -0.2) is 25.7 Å². The van der Waals surface area contributed by atoms with Crippen molar-refractivity contribution in [2.24, 2.45) is 0 Å². The van der Waals surface area contributed by atoms with Gasteiger partial charge in [-0.25, -0.2) is 0 Å². The van der Waals surface area contributed by atoms with Gasteiger partial charge in [0.05, 0.1) is 24.4 Å². The van der Waals surface area contributed by atoms with Gasteiger partial charge in [-0.15, -0.1) is 0 Å². The largest absolute Gasteiger partial charge is 0.384 e. The lowest BCUT2D eigenvalue weighted by Crippen LogP contribution is -2.24. The van der Waals surface area contributed by atoms with E-state index >= 15 is 0 Å². The molecule has 0 saturated heterocycles. The Balaban J connectivity index is 2.11. The van der Waals surface area contributed by atoms with E-state index in [2.05, 4.69) is 23.6 Å². The first kappa shape index (κ1) is 12.9. The van der Waals surface area contributed by atoms with Crippen molar-refractivity contribution in [3.8, 4) is 0 Å². The molecular formula is C14H20N2O2. The minimum atomic E-state index is -0.00900. The highest BCUT2D eigenvalue weighted by Crippen LogP contribution is 2.32. The van der Waals surface area contributed by atoms with Crippen LogP contribution in [0.1, 0.15) is 25.3 Å². The fourth-order valence-electron chi connectivity index (χ4n) is 2.18. The predicted octanol–water partition coefficient (Wildman–Crippen LogP) is 2.41. The number of anilines is 2. The summed E-state index contributed by atoms with van der Waals surface area (Å²) < 4.78 is 4.90. The average molecular weight is 248 g/mol. The summed E-state index contributed by atoms with van der Waals surface area (Å²) in [7, 11) is 1.60. The molecule has 1 aromatic rings. The van der Waals surface area contributed by atoms with Gasteiger partial charge in [-0.2, -0.15) is 0 Å². The van der Waals surface area contributed by atoms with Crippen LogP contribution in [0.3, 0.4) is 0 Å². The van der Waals surface area contributed by atoms with Crippen LogP contribution in [0.4, 0.5) is 11.4 Å². The van der Waals surface area contributed by atoms with Crippen molar-refractivity contribution in [1.82, 2.24) is 0 Å². The maximum Gasteiger partial charge on any atom is 0.226 e. The SMILES string of the molecule is COCCC(=O)Nc1cccc2c1NC(C)CC2. The molecule has 2 N–H and O–H groups in total. The number of amides is 1. The van der Waals surface area contributed by atoms with Crippen molar-refractivity contribution in [2.75, 3.05) is 24.4 Å². The highest BCUT2D eigenvalue weighted by Gasteiger charge is 2.17. The van der Waals surface area contributed by atoms with Crippen LogP contribution in [0.25, 0.3) is 0 Å². The minimum absolute atomic E-state index is 0.00900. The van der Waals surface area contributed by atoms with E-state index in [1.807, 2.05) is 12.1 Å². The number of rotatable bonds is 4. The molecule has 4 heteroatoms. The van der Waals surface area contributed by atoms with Crippen molar-refractivity contribution in [2.45, 2.75) is 32.2 Å². The van der Waals surface area contributed by atoms with Crippen LogP contribution in [0.15, 0.2) is 18.2 Å². The third-order valence-electron chi connectivity index (χ3n) is 3.20. The molecule has 1 aliphatic heterocycles. The molecular weight excluding hydrogens is 228 g/mol. The summed E-state index contributed by atoms with van der Waals surface area (Å²) in [6.07, 6.45) is 2.58. The standard InChI is InChI=1S/C14H20N2O2/c1-10-6-7-11-4-3-5-12(14(11)15-10)16-13(17)8-9-18-2/h3-5,10,15H,6-9H2,1-2H3,(H,16,17). The summed E-state index contributed by atoms with van der Waals surface area (Å²) in [6, 6.07) is 6.49. The van der Waals surface area contributed by atoms with E-state index in [0.29, 0.717) is 19.1 Å². The van der Waals surface area contributed by atoms with Gasteiger partial charge in [-0.05, 0) is 31.4 Å². The van der Waals surface area contributed by atoms with Crippen LogP contribution in [0.5, 0.6) is 0 Å². The molecule has 18 heavy (non-hydrogen) atoms. The first-order chi connectivity index (χ1) is 8.70. The first-order valence-corrected chi connectivity index (χ1v) is 6.38. The topological polar surface area (TPSA) is 50.4 Å². The van der Waals surface area contributed by atoms with E-state index < -0.39 is 0 Å². The van der Waals surface area contributed by atoms with Gasteiger partial charge in [0, 0.05) is 13.2 Å². The van der Waals surface area contributed by atoms with Crippen molar-refractivity contribution >= 4 is 17.3 Å². The van der Waals surface area contributed by atoms with Gasteiger partial charge < -0.3 is 15.4 Å². The molecule has 1 atom stereocenters. The Morgan fingerprint density at radius 2 is 2.39 bits per heavy atom. The van der Waals surface area contributed by atoms with Crippen LogP contribution in [0, 0.1) is 0 Å². The molecule has 1 aromatic carbocycles. The summed E-state index contributed by atoms with van der Waals surface area (Å²) in [6.45, 7) is 2.61. The molecule has 2 rings (SSSR count).